The van der Waals surface area contributed by atoms with E-state index in [-0.39, 0.29) is 29.5 Å². The molecule has 3 rings (SSSR count). The zero-order valence-corrected chi connectivity index (χ0v) is 13.0. The predicted octanol–water partition coefficient (Wildman–Crippen LogP) is 0.881. The molecule has 0 radical (unpaired) electrons. The summed E-state index contributed by atoms with van der Waals surface area (Å²) in [4.78, 5) is 35.7. The molecule has 1 aromatic heterocycles. The number of aromatic carboxylic acids is 1. The van der Waals surface area contributed by atoms with Crippen LogP contribution in [0.4, 0.5) is 15.8 Å². The highest BCUT2D eigenvalue weighted by Crippen LogP contribution is 2.26. The molecule has 1 fully saturated rings. The molecule has 0 spiro atoms. The van der Waals surface area contributed by atoms with Gasteiger partial charge in [0.25, 0.3) is 0 Å². The molecular formula is C15H14FN5O4. The van der Waals surface area contributed by atoms with Gasteiger partial charge in [-0.1, -0.05) is 5.21 Å². The number of hydrogen-bond donors (Lipinski definition) is 2. The van der Waals surface area contributed by atoms with E-state index in [9.17, 15) is 18.8 Å². The Morgan fingerprint density at radius 3 is 2.76 bits per heavy atom. The second-order valence-electron chi connectivity index (χ2n) is 5.47. The van der Waals surface area contributed by atoms with Crippen LogP contribution in [0.3, 0.4) is 0 Å². The van der Waals surface area contributed by atoms with Gasteiger partial charge >= 0.3 is 5.97 Å². The highest BCUT2D eigenvalue weighted by atomic mass is 19.1. The molecule has 9 nitrogen and oxygen atoms in total. The van der Waals surface area contributed by atoms with Crippen molar-refractivity contribution in [1.82, 2.24) is 15.0 Å². The summed E-state index contributed by atoms with van der Waals surface area (Å²) in [5.74, 6) is -2.51. The standard InChI is InChI=1S/C15H14FN5O4/c16-10-6-9(3-4-12(10)21-5-1-2-14(21)23)17-13(22)8-20-7-11(15(24)25)18-19-20/h3-4,6-7H,1-2,5,8H2,(H,17,22)(H,24,25). The van der Waals surface area contributed by atoms with Gasteiger partial charge < -0.3 is 15.3 Å². The van der Waals surface area contributed by atoms with Crippen LogP contribution in [0.5, 0.6) is 0 Å². The van der Waals surface area contributed by atoms with Crippen molar-refractivity contribution >= 4 is 29.2 Å². The van der Waals surface area contributed by atoms with Crippen molar-refractivity contribution in [3.8, 4) is 0 Å². The number of carboxylic acid groups (broad SMARTS) is 1. The van der Waals surface area contributed by atoms with Gasteiger partial charge in [-0.05, 0) is 24.6 Å². The van der Waals surface area contributed by atoms with Crippen LogP contribution < -0.4 is 10.2 Å². The van der Waals surface area contributed by atoms with Gasteiger partial charge in [-0.3, -0.25) is 9.59 Å². The molecule has 1 aliphatic rings. The fraction of sp³-hybridized carbons (Fsp3) is 0.267. The number of benzene rings is 1. The second-order valence-corrected chi connectivity index (χ2v) is 5.47. The Morgan fingerprint density at radius 1 is 1.36 bits per heavy atom. The lowest BCUT2D eigenvalue weighted by molar-refractivity contribution is -0.117. The molecule has 0 bridgehead atoms. The Kier molecular flexibility index (Phi) is 4.42. The van der Waals surface area contributed by atoms with Gasteiger partial charge in [0.15, 0.2) is 5.69 Å². The van der Waals surface area contributed by atoms with Crippen molar-refractivity contribution in [1.29, 1.82) is 0 Å². The average Bonchev–Trinajstić information content (AvgIpc) is 3.17. The van der Waals surface area contributed by atoms with Gasteiger partial charge in [0.1, 0.15) is 12.4 Å². The summed E-state index contributed by atoms with van der Waals surface area (Å²) in [7, 11) is 0. The Labute approximate surface area is 141 Å². The lowest BCUT2D eigenvalue weighted by atomic mass is 10.2. The van der Waals surface area contributed by atoms with Crippen LogP contribution in [0.2, 0.25) is 0 Å². The maximum atomic E-state index is 14.2. The van der Waals surface area contributed by atoms with Gasteiger partial charge in [0.2, 0.25) is 11.8 Å². The first-order chi connectivity index (χ1) is 11.9. The van der Waals surface area contributed by atoms with Crippen LogP contribution >= 0.6 is 0 Å². The smallest absolute Gasteiger partial charge is 0.358 e. The molecule has 2 aromatic rings. The predicted molar refractivity (Wildman–Crippen MR) is 83.6 cm³/mol. The summed E-state index contributed by atoms with van der Waals surface area (Å²) in [6.45, 7) is 0.202. The molecule has 2 amide bonds. The quantitative estimate of drug-likeness (QED) is 0.829. The Morgan fingerprint density at radius 2 is 2.16 bits per heavy atom. The van der Waals surface area contributed by atoms with Crippen LogP contribution in [0, 0.1) is 5.82 Å². The maximum absolute atomic E-state index is 14.2. The Hall–Kier alpha value is -3.30. The molecule has 25 heavy (non-hydrogen) atoms. The molecule has 0 atom stereocenters. The van der Waals surface area contributed by atoms with Crippen molar-refractivity contribution in [2.45, 2.75) is 19.4 Å². The number of halogens is 1. The van der Waals surface area contributed by atoms with E-state index >= 15 is 0 Å². The summed E-state index contributed by atoms with van der Waals surface area (Å²) >= 11 is 0. The largest absolute Gasteiger partial charge is 0.476 e. The van der Waals surface area contributed by atoms with Crippen LogP contribution in [-0.2, 0) is 16.1 Å². The Balaban J connectivity index is 1.66. The minimum absolute atomic E-state index is 0.129. The van der Waals surface area contributed by atoms with E-state index in [2.05, 4.69) is 15.6 Å². The van der Waals surface area contributed by atoms with Crippen molar-refractivity contribution in [2.75, 3.05) is 16.8 Å². The normalized spacial score (nSPS) is 14.0. The van der Waals surface area contributed by atoms with Crippen molar-refractivity contribution in [3.63, 3.8) is 0 Å². The third kappa shape index (κ3) is 3.62. The highest BCUT2D eigenvalue weighted by molar-refractivity contribution is 5.96. The molecule has 0 aliphatic carbocycles. The first-order valence-corrected chi connectivity index (χ1v) is 7.47. The van der Waals surface area contributed by atoms with E-state index in [1.54, 1.807) is 0 Å². The zero-order chi connectivity index (χ0) is 18.0. The van der Waals surface area contributed by atoms with Crippen LogP contribution in [-0.4, -0.2) is 44.4 Å². The summed E-state index contributed by atoms with van der Waals surface area (Å²) in [5, 5.41) is 18.1. The summed E-state index contributed by atoms with van der Waals surface area (Å²) in [6.07, 6.45) is 2.20. The highest BCUT2D eigenvalue weighted by Gasteiger charge is 2.24. The number of carbonyl (C=O) groups excluding carboxylic acids is 2. The van der Waals surface area contributed by atoms with Gasteiger partial charge in [0, 0.05) is 18.7 Å². The van der Waals surface area contributed by atoms with Crippen molar-refractivity contribution < 1.29 is 23.9 Å². The van der Waals surface area contributed by atoms with E-state index in [0.717, 1.165) is 16.9 Å². The third-order valence-corrected chi connectivity index (χ3v) is 3.66. The third-order valence-electron chi connectivity index (χ3n) is 3.66. The molecule has 1 saturated heterocycles. The zero-order valence-electron chi connectivity index (χ0n) is 13.0. The monoisotopic (exact) mass is 347 g/mol. The molecule has 0 unspecified atom stereocenters. The molecule has 1 aromatic carbocycles. The molecule has 130 valence electrons. The molecule has 1 aliphatic heterocycles. The maximum Gasteiger partial charge on any atom is 0.358 e. The topological polar surface area (TPSA) is 117 Å². The van der Waals surface area contributed by atoms with Crippen molar-refractivity contribution in [3.05, 3.63) is 35.9 Å². The molecule has 10 heteroatoms. The number of nitrogens with zero attached hydrogens (tertiary/aromatic N) is 4. The first kappa shape index (κ1) is 16.6. The minimum Gasteiger partial charge on any atom is -0.476 e. The fourth-order valence-corrected chi connectivity index (χ4v) is 2.53. The van der Waals surface area contributed by atoms with E-state index in [1.165, 1.54) is 17.0 Å². The number of hydrogen-bond acceptors (Lipinski definition) is 5. The lowest BCUT2D eigenvalue weighted by Gasteiger charge is -2.17. The number of anilines is 2. The van der Waals surface area contributed by atoms with Crippen molar-refractivity contribution in [2.24, 2.45) is 0 Å². The van der Waals surface area contributed by atoms with Crippen LogP contribution in [0.15, 0.2) is 24.4 Å². The SMILES string of the molecule is O=C(Cn1cc(C(=O)O)nn1)Nc1ccc(N2CCCC2=O)c(F)c1. The van der Waals surface area contributed by atoms with Gasteiger partial charge in [-0.15, -0.1) is 5.10 Å². The van der Waals surface area contributed by atoms with E-state index in [1.807, 2.05) is 0 Å². The van der Waals surface area contributed by atoms with Gasteiger partial charge in [-0.2, -0.15) is 0 Å². The molecule has 0 saturated carbocycles. The van der Waals surface area contributed by atoms with Gasteiger partial charge in [0.05, 0.1) is 11.9 Å². The minimum atomic E-state index is -1.25. The number of rotatable bonds is 5. The second kappa shape index (κ2) is 6.67. The van der Waals surface area contributed by atoms with Gasteiger partial charge in [-0.25, -0.2) is 13.9 Å². The number of aromatic nitrogens is 3. The van der Waals surface area contributed by atoms with E-state index in [4.69, 9.17) is 5.11 Å². The molecule has 2 heterocycles. The number of amides is 2. The fourth-order valence-electron chi connectivity index (χ4n) is 2.53. The lowest BCUT2D eigenvalue weighted by Crippen LogP contribution is -2.25. The van der Waals surface area contributed by atoms with Crippen LogP contribution in [0.1, 0.15) is 23.3 Å². The summed E-state index contributed by atoms with van der Waals surface area (Å²) < 4.78 is 15.3. The number of carbonyl (C=O) groups is 3. The summed E-state index contributed by atoms with van der Waals surface area (Å²) in [5.41, 5.74) is 0.123. The molecule has 2 N–H and O–H groups in total. The van der Waals surface area contributed by atoms with Crippen LogP contribution in [0.25, 0.3) is 0 Å². The average molecular weight is 347 g/mol. The summed E-state index contributed by atoms with van der Waals surface area (Å²) in [6, 6.07) is 4.06. The number of nitrogens with one attached hydrogen (secondary N) is 1. The van der Waals surface area contributed by atoms with E-state index < -0.39 is 17.7 Å². The molecular weight excluding hydrogens is 333 g/mol. The van der Waals surface area contributed by atoms with E-state index in [0.29, 0.717) is 19.4 Å². The number of carboxylic acids is 1. The first-order valence-electron chi connectivity index (χ1n) is 7.47. The Bertz CT molecular complexity index is 850.